The monoisotopic (exact) mass is 474 g/mol. The largest absolute Gasteiger partial charge is 0.354 e. The average molecular weight is 475 g/mol. The fourth-order valence-corrected chi connectivity index (χ4v) is 4.24. The number of fused-ring (bicyclic) bond motifs is 1. The molecule has 0 aliphatic carbocycles. The second kappa shape index (κ2) is 10.5. The Kier molecular flexibility index (Phi) is 7.91. The van der Waals surface area contributed by atoms with E-state index in [1.165, 1.54) is 16.8 Å². The number of rotatable bonds is 9. The van der Waals surface area contributed by atoms with E-state index in [0.717, 1.165) is 6.42 Å². The first kappa shape index (κ1) is 25.6. The molecule has 9 nitrogen and oxygen atoms in total. The molecule has 186 valence electrons. The molecule has 1 aliphatic heterocycles. The lowest BCUT2D eigenvalue weighted by atomic mass is 9.86. The number of hydrogen-bond donors (Lipinski definition) is 3. The van der Waals surface area contributed by atoms with Gasteiger partial charge in [0.2, 0.25) is 11.8 Å². The van der Waals surface area contributed by atoms with E-state index < -0.39 is 23.2 Å². The fraction of sp³-hybridized carbons (Fsp3) is 0.583. The molecule has 0 saturated carbocycles. The molecule has 10 heteroatoms. The molecule has 1 aromatic carbocycles. The summed E-state index contributed by atoms with van der Waals surface area (Å²) in [6.45, 7) is 7.45. The third-order valence-electron chi connectivity index (χ3n) is 6.15. The summed E-state index contributed by atoms with van der Waals surface area (Å²) in [7, 11) is 1.74. The first-order valence-corrected chi connectivity index (χ1v) is 11.7. The molecule has 34 heavy (non-hydrogen) atoms. The molecule has 4 N–H and O–H groups in total. The van der Waals surface area contributed by atoms with Gasteiger partial charge in [-0.05, 0) is 30.9 Å². The van der Waals surface area contributed by atoms with Crippen LogP contribution >= 0.6 is 0 Å². The molecule has 1 aliphatic rings. The van der Waals surface area contributed by atoms with Crippen molar-refractivity contribution in [3.05, 3.63) is 29.7 Å². The number of para-hydroxylation sites is 1. The lowest BCUT2D eigenvalue weighted by Crippen LogP contribution is -2.54. The van der Waals surface area contributed by atoms with E-state index in [0.29, 0.717) is 44.4 Å². The molecule has 0 radical (unpaired) electrons. The van der Waals surface area contributed by atoms with Crippen LogP contribution in [-0.2, 0) is 16.1 Å². The van der Waals surface area contributed by atoms with E-state index in [9.17, 15) is 18.8 Å². The first-order chi connectivity index (χ1) is 16.0. The van der Waals surface area contributed by atoms with E-state index in [1.807, 2.05) is 20.8 Å². The maximum absolute atomic E-state index is 14.6. The van der Waals surface area contributed by atoms with E-state index in [2.05, 4.69) is 15.7 Å². The third-order valence-corrected chi connectivity index (χ3v) is 6.15. The van der Waals surface area contributed by atoms with Crippen molar-refractivity contribution in [1.82, 2.24) is 25.3 Å². The summed E-state index contributed by atoms with van der Waals surface area (Å²) in [6, 6.07) is 3.68. The Hall–Kier alpha value is -3.01. The van der Waals surface area contributed by atoms with Gasteiger partial charge in [-0.1, -0.05) is 32.9 Å². The number of likely N-dealkylation sites (tertiary alicyclic amines) is 1. The van der Waals surface area contributed by atoms with Gasteiger partial charge in [0.1, 0.15) is 17.4 Å². The minimum absolute atomic E-state index is 0.0360. The van der Waals surface area contributed by atoms with Crippen LogP contribution in [0.2, 0.25) is 0 Å². The van der Waals surface area contributed by atoms with Gasteiger partial charge in [-0.15, -0.1) is 0 Å². The highest BCUT2D eigenvalue weighted by Gasteiger charge is 2.35. The van der Waals surface area contributed by atoms with Crippen molar-refractivity contribution in [2.75, 3.05) is 26.7 Å². The number of nitrogens with two attached hydrogens (primary N) is 1. The summed E-state index contributed by atoms with van der Waals surface area (Å²) in [5.74, 6) is -1.24. The zero-order chi connectivity index (χ0) is 25.0. The summed E-state index contributed by atoms with van der Waals surface area (Å²) in [5.41, 5.74) is 5.31. The van der Waals surface area contributed by atoms with Crippen molar-refractivity contribution in [2.45, 2.75) is 52.6 Å². The highest BCUT2D eigenvalue weighted by Crippen LogP contribution is 2.24. The van der Waals surface area contributed by atoms with Crippen LogP contribution in [0.5, 0.6) is 0 Å². The van der Waals surface area contributed by atoms with Gasteiger partial charge in [0.15, 0.2) is 5.69 Å². The maximum Gasteiger partial charge on any atom is 0.273 e. The third kappa shape index (κ3) is 5.72. The van der Waals surface area contributed by atoms with Crippen molar-refractivity contribution < 1.29 is 18.8 Å². The Morgan fingerprint density at radius 3 is 2.65 bits per heavy atom. The lowest BCUT2D eigenvalue weighted by Gasteiger charge is -2.30. The van der Waals surface area contributed by atoms with Crippen LogP contribution in [0.25, 0.3) is 10.9 Å². The van der Waals surface area contributed by atoms with Crippen molar-refractivity contribution in [1.29, 1.82) is 0 Å². The summed E-state index contributed by atoms with van der Waals surface area (Å²) >= 11 is 0. The molecule has 3 rings (SSSR count). The molecule has 2 atom stereocenters. The van der Waals surface area contributed by atoms with Crippen LogP contribution in [0.4, 0.5) is 4.39 Å². The Bertz CT molecular complexity index is 1060. The smallest absolute Gasteiger partial charge is 0.273 e. The van der Waals surface area contributed by atoms with Crippen molar-refractivity contribution in [3.8, 4) is 0 Å². The van der Waals surface area contributed by atoms with E-state index in [4.69, 9.17) is 5.73 Å². The normalized spacial score (nSPS) is 17.3. The maximum atomic E-state index is 14.6. The Labute approximate surface area is 199 Å². The molecule has 0 spiro atoms. The zero-order valence-corrected chi connectivity index (χ0v) is 20.4. The number of carbonyl (C=O) groups is 3. The quantitative estimate of drug-likeness (QED) is 0.477. The number of hydrogen-bond acceptors (Lipinski definition) is 5. The van der Waals surface area contributed by atoms with Gasteiger partial charge >= 0.3 is 0 Å². The predicted molar refractivity (Wildman–Crippen MR) is 127 cm³/mol. The highest BCUT2D eigenvalue weighted by molar-refractivity contribution is 6.06. The van der Waals surface area contributed by atoms with Crippen molar-refractivity contribution in [2.24, 2.45) is 17.1 Å². The molecule has 1 aromatic heterocycles. The molecule has 2 unspecified atom stereocenters. The number of benzene rings is 1. The van der Waals surface area contributed by atoms with E-state index in [1.54, 1.807) is 18.0 Å². The molecular formula is C24H35FN6O3. The van der Waals surface area contributed by atoms with Gasteiger partial charge in [0.05, 0.1) is 0 Å². The number of unbranched alkanes of at least 4 members (excludes halogenated alkanes) is 1. The second-order valence-electron chi connectivity index (χ2n) is 10.1. The number of aryl methyl sites for hydroxylation is 1. The van der Waals surface area contributed by atoms with Crippen molar-refractivity contribution >= 4 is 28.6 Å². The Morgan fingerprint density at radius 1 is 1.29 bits per heavy atom. The van der Waals surface area contributed by atoms with Crippen LogP contribution < -0.4 is 16.4 Å². The fourth-order valence-electron chi connectivity index (χ4n) is 4.24. The molecule has 2 aromatic rings. The van der Waals surface area contributed by atoms with Crippen LogP contribution in [0, 0.1) is 17.2 Å². The standard InChI is InChI=1S/C24H35FN6O3/c1-24(2,3)21(23(34)27-13-15-12-18(32)30(4)14-15)28-22(33)19-16-8-7-9-17(25)20(16)31(29-19)11-6-5-10-26/h7-9,15,21H,5-6,10-14,26H2,1-4H3,(H,27,34)(H,28,33). The van der Waals surface area contributed by atoms with Crippen LogP contribution in [0.1, 0.15) is 50.5 Å². The molecule has 0 bridgehead atoms. The summed E-state index contributed by atoms with van der Waals surface area (Å²) in [6.07, 6.45) is 1.85. The van der Waals surface area contributed by atoms with Gasteiger partial charge in [-0.2, -0.15) is 5.10 Å². The van der Waals surface area contributed by atoms with E-state index >= 15 is 0 Å². The molecule has 1 fully saturated rings. The summed E-state index contributed by atoms with van der Waals surface area (Å²) < 4.78 is 16.1. The Morgan fingerprint density at radius 2 is 2.03 bits per heavy atom. The predicted octanol–water partition coefficient (Wildman–Crippen LogP) is 1.65. The Balaban J connectivity index is 1.78. The summed E-state index contributed by atoms with van der Waals surface area (Å²) in [4.78, 5) is 39.7. The van der Waals surface area contributed by atoms with Gasteiger partial charge in [0, 0.05) is 44.4 Å². The van der Waals surface area contributed by atoms with E-state index in [-0.39, 0.29) is 28.9 Å². The van der Waals surface area contributed by atoms with Gasteiger partial charge in [0.25, 0.3) is 5.91 Å². The number of halogens is 1. The number of nitrogens with one attached hydrogen (secondary N) is 2. The van der Waals surface area contributed by atoms with Gasteiger partial charge < -0.3 is 21.3 Å². The number of aromatic nitrogens is 2. The van der Waals surface area contributed by atoms with Crippen LogP contribution in [0.15, 0.2) is 18.2 Å². The molecule has 2 heterocycles. The number of carbonyl (C=O) groups excluding carboxylic acids is 3. The lowest BCUT2D eigenvalue weighted by molar-refractivity contribution is -0.127. The first-order valence-electron chi connectivity index (χ1n) is 11.7. The minimum Gasteiger partial charge on any atom is -0.354 e. The molecule has 3 amide bonds. The zero-order valence-electron chi connectivity index (χ0n) is 20.4. The second-order valence-corrected chi connectivity index (χ2v) is 10.1. The van der Waals surface area contributed by atoms with Crippen molar-refractivity contribution in [3.63, 3.8) is 0 Å². The summed E-state index contributed by atoms with van der Waals surface area (Å²) in [5, 5.41) is 10.5. The van der Waals surface area contributed by atoms with Gasteiger partial charge in [-0.25, -0.2) is 4.39 Å². The molecule has 1 saturated heterocycles. The minimum atomic E-state index is -0.846. The number of nitrogens with zero attached hydrogens (tertiary/aromatic N) is 3. The van der Waals surface area contributed by atoms with Crippen LogP contribution in [0.3, 0.4) is 0 Å². The molecular weight excluding hydrogens is 439 g/mol. The average Bonchev–Trinajstić information content (AvgIpc) is 3.30. The van der Waals surface area contributed by atoms with Gasteiger partial charge in [-0.3, -0.25) is 19.1 Å². The highest BCUT2D eigenvalue weighted by atomic mass is 19.1. The SMILES string of the molecule is CN1CC(CNC(=O)C(NC(=O)c2nn(CCCCN)c3c(F)cccc23)C(C)(C)C)CC1=O. The topological polar surface area (TPSA) is 122 Å². The van der Waals surface area contributed by atoms with Crippen LogP contribution in [-0.4, -0.2) is 65.1 Å². The number of amides is 3.